The number of para-hydroxylation sites is 1. The van der Waals surface area contributed by atoms with Crippen molar-refractivity contribution < 1.29 is 14.3 Å². The molecule has 1 aliphatic heterocycles. The third-order valence-electron chi connectivity index (χ3n) is 6.11. The van der Waals surface area contributed by atoms with E-state index in [1.807, 2.05) is 78.9 Å². The molecule has 0 saturated heterocycles. The van der Waals surface area contributed by atoms with Gasteiger partial charge in [-0.3, -0.25) is 9.59 Å². The Balaban J connectivity index is 1.67. The molecule has 2 amide bonds. The molecule has 0 radical (unpaired) electrons. The van der Waals surface area contributed by atoms with Gasteiger partial charge < -0.3 is 10.1 Å². The van der Waals surface area contributed by atoms with Crippen molar-refractivity contribution in [1.29, 1.82) is 0 Å². The second kappa shape index (κ2) is 8.87. The summed E-state index contributed by atoms with van der Waals surface area (Å²) in [5.74, 6) is -0.261. The number of ether oxygens (including phenoxy) is 1. The van der Waals surface area contributed by atoms with Gasteiger partial charge in [0.2, 0.25) is 0 Å². The maximum atomic E-state index is 13.8. The van der Waals surface area contributed by atoms with Crippen LogP contribution in [0.3, 0.4) is 0 Å². The number of nitrogens with one attached hydrogen (secondary N) is 1. The van der Waals surface area contributed by atoms with Crippen molar-refractivity contribution in [1.82, 2.24) is 0 Å². The number of carbonyl (C=O) groups excluding carboxylic acids is 2. The largest absolute Gasteiger partial charge is 0.496 e. The lowest BCUT2D eigenvalue weighted by Gasteiger charge is -2.16. The van der Waals surface area contributed by atoms with Crippen molar-refractivity contribution in [3.8, 4) is 5.75 Å². The van der Waals surface area contributed by atoms with E-state index in [9.17, 15) is 9.59 Å². The highest BCUT2D eigenvalue weighted by atomic mass is 16.5. The highest BCUT2D eigenvalue weighted by Gasteiger charge is 2.41. The second-order valence-corrected chi connectivity index (χ2v) is 8.07. The van der Waals surface area contributed by atoms with Crippen LogP contribution in [0, 0.1) is 0 Å². The number of hydrogen-bond acceptors (Lipinski definition) is 4. The van der Waals surface area contributed by atoms with Gasteiger partial charge in [0.05, 0.1) is 18.4 Å². The minimum Gasteiger partial charge on any atom is -0.496 e. The van der Waals surface area contributed by atoms with Crippen molar-refractivity contribution in [2.75, 3.05) is 17.3 Å². The van der Waals surface area contributed by atoms with Crippen molar-refractivity contribution >= 4 is 39.5 Å². The van der Waals surface area contributed by atoms with Gasteiger partial charge in [-0.25, -0.2) is 4.90 Å². The lowest BCUT2D eigenvalue weighted by atomic mass is 10.0. The first-order chi connectivity index (χ1) is 16.6. The van der Waals surface area contributed by atoms with Gasteiger partial charge in [0.1, 0.15) is 11.4 Å². The zero-order chi connectivity index (χ0) is 23.7. The fourth-order valence-corrected chi connectivity index (χ4v) is 4.33. The smallest absolute Gasteiger partial charge is 0.282 e. The number of fused-ring (bicyclic) bond motifs is 1. The number of amides is 2. The van der Waals surface area contributed by atoms with Crippen LogP contribution in [-0.2, 0) is 16.0 Å². The summed E-state index contributed by atoms with van der Waals surface area (Å²) >= 11 is 0. The van der Waals surface area contributed by atoms with E-state index in [4.69, 9.17) is 4.74 Å². The van der Waals surface area contributed by atoms with Crippen LogP contribution in [0.2, 0.25) is 0 Å². The first-order valence-electron chi connectivity index (χ1n) is 11.2. The molecule has 4 aromatic rings. The minimum atomic E-state index is -0.400. The van der Waals surface area contributed by atoms with E-state index in [-0.39, 0.29) is 17.2 Å². The van der Waals surface area contributed by atoms with E-state index in [1.54, 1.807) is 19.2 Å². The number of imide groups is 1. The highest BCUT2D eigenvalue weighted by Crippen LogP contribution is 2.38. The molecule has 0 spiro atoms. The third kappa shape index (κ3) is 3.61. The molecule has 0 aliphatic carbocycles. The quantitative estimate of drug-likeness (QED) is 0.378. The molecule has 0 unspecified atom stereocenters. The minimum absolute atomic E-state index is 0.227. The summed E-state index contributed by atoms with van der Waals surface area (Å²) in [5.41, 5.74) is 3.51. The zero-order valence-electron chi connectivity index (χ0n) is 19.0. The second-order valence-electron chi connectivity index (χ2n) is 8.07. The van der Waals surface area contributed by atoms with Crippen LogP contribution >= 0.6 is 0 Å². The van der Waals surface area contributed by atoms with E-state index in [1.165, 1.54) is 4.90 Å². The van der Waals surface area contributed by atoms with Crippen LogP contribution in [0.1, 0.15) is 18.1 Å². The normalized spacial score (nSPS) is 13.6. The van der Waals surface area contributed by atoms with Gasteiger partial charge in [-0.2, -0.15) is 0 Å². The number of carbonyl (C=O) groups is 2. The van der Waals surface area contributed by atoms with Gasteiger partial charge >= 0.3 is 0 Å². The molecule has 1 N–H and O–H groups in total. The molecular weight excluding hydrogens is 424 g/mol. The summed E-state index contributed by atoms with van der Waals surface area (Å²) in [6, 6.07) is 28.5. The summed E-state index contributed by atoms with van der Waals surface area (Å²) in [4.78, 5) is 28.7. The number of aryl methyl sites for hydroxylation is 1. The summed E-state index contributed by atoms with van der Waals surface area (Å²) < 4.78 is 5.54. The van der Waals surface area contributed by atoms with Crippen molar-refractivity contribution in [2.24, 2.45) is 0 Å². The molecule has 5 heteroatoms. The Labute approximate surface area is 198 Å². The predicted molar refractivity (Wildman–Crippen MR) is 136 cm³/mol. The predicted octanol–water partition coefficient (Wildman–Crippen LogP) is 5.81. The van der Waals surface area contributed by atoms with Gasteiger partial charge in [-0.1, -0.05) is 73.7 Å². The van der Waals surface area contributed by atoms with Crippen LogP contribution in [0.5, 0.6) is 5.75 Å². The van der Waals surface area contributed by atoms with E-state index in [0.29, 0.717) is 17.0 Å². The van der Waals surface area contributed by atoms with Crippen molar-refractivity contribution in [3.63, 3.8) is 0 Å². The summed E-state index contributed by atoms with van der Waals surface area (Å²) in [7, 11) is 1.56. The van der Waals surface area contributed by atoms with Crippen LogP contribution in [0.25, 0.3) is 16.3 Å². The van der Waals surface area contributed by atoms with Crippen LogP contribution in [0.15, 0.2) is 96.7 Å². The maximum Gasteiger partial charge on any atom is 0.282 e. The number of methoxy groups -OCH3 is 1. The molecule has 168 valence electrons. The van der Waals surface area contributed by atoms with Gasteiger partial charge in [-0.05, 0) is 41.6 Å². The number of anilines is 2. The molecule has 1 aliphatic rings. The summed E-state index contributed by atoms with van der Waals surface area (Å²) in [5, 5.41) is 5.30. The van der Waals surface area contributed by atoms with Crippen molar-refractivity contribution in [3.05, 3.63) is 108 Å². The molecule has 5 rings (SSSR count). The lowest BCUT2D eigenvalue weighted by Crippen LogP contribution is -2.32. The monoisotopic (exact) mass is 448 g/mol. The van der Waals surface area contributed by atoms with Crippen LogP contribution in [-0.4, -0.2) is 18.9 Å². The lowest BCUT2D eigenvalue weighted by molar-refractivity contribution is -0.120. The third-order valence-corrected chi connectivity index (χ3v) is 6.11. The molecule has 1 heterocycles. The fraction of sp³-hybridized carbons (Fsp3) is 0.103. The maximum absolute atomic E-state index is 13.8. The first-order valence-corrected chi connectivity index (χ1v) is 11.2. The van der Waals surface area contributed by atoms with Gasteiger partial charge in [0.15, 0.2) is 0 Å². The average Bonchev–Trinajstić information content (AvgIpc) is 3.13. The Bertz CT molecular complexity index is 1430. The molecule has 34 heavy (non-hydrogen) atoms. The molecular formula is C29H24N2O3. The van der Waals surface area contributed by atoms with E-state index >= 15 is 0 Å². The van der Waals surface area contributed by atoms with Crippen LogP contribution < -0.4 is 15.0 Å². The van der Waals surface area contributed by atoms with Gasteiger partial charge in [0.25, 0.3) is 11.8 Å². The van der Waals surface area contributed by atoms with Crippen molar-refractivity contribution in [2.45, 2.75) is 13.3 Å². The summed E-state index contributed by atoms with van der Waals surface area (Å²) in [6.45, 7) is 2.06. The van der Waals surface area contributed by atoms with Crippen LogP contribution in [0.4, 0.5) is 11.4 Å². The molecule has 0 aromatic heterocycles. The number of hydrogen-bond donors (Lipinski definition) is 1. The van der Waals surface area contributed by atoms with Gasteiger partial charge in [0, 0.05) is 16.6 Å². The Morgan fingerprint density at radius 2 is 1.50 bits per heavy atom. The number of nitrogens with zero attached hydrogens (tertiary/aromatic N) is 1. The Morgan fingerprint density at radius 1 is 0.794 bits per heavy atom. The highest BCUT2D eigenvalue weighted by molar-refractivity contribution is 6.46. The average molecular weight is 449 g/mol. The number of rotatable bonds is 6. The van der Waals surface area contributed by atoms with Gasteiger partial charge in [-0.15, -0.1) is 0 Å². The molecule has 4 aromatic carbocycles. The topological polar surface area (TPSA) is 58.6 Å². The van der Waals surface area contributed by atoms with E-state index in [0.717, 1.165) is 28.4 Å². The molecule has 0 saturated carbocycles. The summed E-state index contributed by atoms with van der Waals surface area (Å²) in [6.07, 6.45) is 0.876. The number of benzene rings is 4. The SMILES string of the molecule is CCc1ccc(N2C(=O)C(Nc3cccc4ccccc34)=C(c3ccccc3OC)C2=O)cc1. The molecule has 0 fully saturated rings. The molecule has 0 atom stereocenters. The Kier molecular flexibility index (Phi) is 5.60. The zero-order valence-corrected chi connectivity index (χ0v) is 19.0. The Hall–Kier alpha value is -4.38. The first kappa shape index (κ1) is 21.5. The molecule has 0 bridgehead atoms. The standard InChI is InChI=1S/C29H24N2O3/c1-3-19-15-17-21(18-16-19)31-28(32)26(23-12-6-7-14-25(23)34-2)27(29(31)33)30-24-13-8-10-20-9-4-5-11-22(20)24/h4-18,30H,3H2,1-2H3. The van der Waals surface area contributed by atoms with E-state index < -0.39 is 5.91 Å². The Morgan fingerprint density at radius 3 is 2.26 bits per heavy atom. The molecule has 5 nitrogen and oxygen atoms in total. The van der Waals surface area contributed by atoms with E-state index in [2.05, 4.69) is 12.2 Å². The fourth-order valence-electron chi connectivity index (χ4n) is 4.33.